The number of rotatable bonds is 6. The molecule has 4 nitrogen and oxygen atoms in total. The van der Waals surface area contributed by atoms with Crippen LogP contribution >= 0.6 is 11.6 Å². The van der Waals surface area contributed by atoms with Gasteiger partial charge in [0.1, 0.15) is 0 Å². The molecule has 0 bridgehead atoms. The third-order valence-electron chi connectivity index (χ3n) is 5.96. The number of hydrogen-bond donors (Lipinski definition) is 1. The average molecular weight is 422 g/mol. The summed E-state index contributed by atoms with van der Waals surface area (Å²) in [5, 5.41) is 6.23. The van der Waals surface area contributed by atoms with Gasteiger partial charge >= 0.3 is 0 Å². The number of fused-ring (bicyclic) bond motifs is 1. The number of benzene rings is 3. The summed E-state index contributed by atoms with van der Waals surface area (Å²) in [7, 11) is 2.15. The summed E-state index contributed by atoms with van der Waals surface area (Å²) >= 11 is 6.10. The van der Waals surface area contributed by atoms with E-state index >= 15 is 0 Å². The van der Waals surface area contributed by atoms with Crippen LogP contribution in [0.2, 0.25) is 5.02 Å². The molecule has 0 saturated carbocycles. The molecule has 0 radical (unpaired) electrons. The Morgan fingerprint density at radius 3 is 2.43 bits per heavy atom. The molecule has 156 valence electrons. The summed E-state index contributed by atoms with van der Waals surface area (Å²) < 4.78 is 0. The lowest BCUT2D eigenvalue weighted by atomic mass is 10.0. The first kappa shape index (κ1) is 20.9. The van der Waals surface area contributed by atoms with Crippen molar-refractivity contribution in [2.45, 2.75) is 12.5 Å². The fourth-order valence-corrected chi connectivity index (χ4v) is 4.29. The zero-order valence-corrected chi connectivity index (χ0v) is 18.1. The van der Waals surface area contributed by atoms with Gasteiger partial charge in [-0.15, -0.1) is 0 Å². The van der Waals surface area contributed by atoms with Crippen molar-refractivity contribution in [1.29, 1.82) is 0 Å². The fraction of sp³-hybridized carbons (Fsp3) is 0.320. The smallest absolute Gasteiger partial charge is 0.224 e. The molecule has 0 aromatic heterocycles. The van der Waals surface area contributed by atoms with Crippen LogP contribution in [0.4, 0.5) is 0 Å². The van der Waals surface area contributed by atoms with Crippen LogP contribution in [0.15, 0.2) is 66.7 Å². The van der Waals surface area contributed by atoms with Gasteiger partial charge in [0.2, 0.25) is 5.91 Å². The Bertz CT molecular complexity index is 991. The Balaban J connectivity index is 1.46. The molecule has 1 fully saturated rings. The molecule has 0 spiro atoms. The van der Waals surface area contributed by atoms with E-state index in [9.17, 15) is 4.79 Å². The van der Waals surface area contributed by atoms with Crippen molar-refractivity contribution >= 4 is 28.3 Å². The lowest BCUT2D eigenvalue weighted by Crippen LogP contribution is -2.48. The highest BCUT2D eigenvalue weighted by molar-refractivity contribution is 6.30. The monoisotopic (exact) mass is 421 g/mol. The molecule has 1 aliphatic rings. The van der Waals surface area contributed by atoms with E-state index in [0.717, 1.165) is 42.2 Å². The van der Waals surface area contributed by atoms with Crippen molar-refractivity contribution in [3.8, 4) is 0 Å². The predicted octanol–water partition coefficient (Wildman–Crippen LogP) is 4.14. The Kier molecular flexibility index (Phi) is 6.68. The maximum atomic E-state index is 12.8. The minimum absolute atomic E-state index is 0.0550. The van der Waals surface area contributed by atoms with Gasteiger partial charge in [-0.25, -0.2) is 0 Å². The van der Waals surface area contributed by atoms with E-state index in [4.69, 9.17) is 11.6 Å². The predicted molar refractivity (Wildman–Crippen MR) is 124 cm³/mol. The maximum absolute atomic E-state index is 12.8. The first-order chi connectivity index (χ1) is 14.6. The second-order valence-corrected chi connectivity index (χ2v) is 8.46. The molecule has 3 aromatic rings. The number of halogens is 1. The second kappa shape index (κ2) is 9.61. The van der Waals surface area contributed by atoms with Crippen molar-refractivity contribution in [1.82, 2.24) is 15.1 Å². The van der Waals surface area contributed by atoms with E-state index in [0.29, 0.717) is 13.0 Å². The normalized spacial score (nSPS) is 16.5. The standard InChI is InChI=1S/C25H28ClN3O/c1-28-13-15-29(16-14-28)24(20-9-11-22(26)12-10-20)18-27-25(30)17-21-7-4-6-19-5-2-3-8-23(19)21/h2-12,24H,13-18H2,1H3,(H,27,30). The highest BCUT2D eigenvalue weighted by Crippen LogP contribution is 2.24. The highest BCUT2D eigenvalue weighted by atomic mass is 35.5. The van der Waals surface area contributed by atoms with E-state index < -0.39 is 0 Å². The van der Waals surface area contributed by atoms with Gasteiger partial charge in [-0.3, -0.25) is 9.69 Å². The van der Waals surface area contributed by atoms with Gasteiger partial charge in [0, 0.05) is 37.7 Å². The van der Waals surface area contributed by atoms with Crippen molar-refractivity contribution in [3.63, 3.8) is 0 Å². The molecule has 5 heteroatoms. The van der Waals surface area contributed by atoms with Crippen LogP contribution < -0.4 is 5.32 Å². The van der Waals surface area contributed by atoms with Crippen LogP contribution in [-0.2, 0) is 11.2 Å². The Morgan fingerprint density at radius 2 is 1.67 bits per heavy atom. The van der Waals surface area contributed by atoms with Crippen molar-refractivity contribution in [2.75, 3.05) is 39.8 Å². The highest BCUT2D eigenvalue weighted by Gasteiger charge is 2.24. The van der Waals surface area contributed by atoms with Crippen LogP contribution in [0.5, 0.6) is 0 Å². The minimum Gasteiger partial charge on any atom is -0.354 e. The van der Waals surface area contributed by atoms with E-state index in [1.807, 2.05) is 36.4 Å². The quantitative estimate of drug-likeness (QED) is 0.649. The van der Waals surface area contributed by atoms with Gasteiger partial charge in [-0.1, -0.05) is 66.2 Å². The van der Waals surface area contributed by atoms with Gasteiger partial charge in [0.15, 0.2) is 0 Å². The van der Waals surface area contributed by atoms with E-state index in [2.05, 4.69) is 52.5 Å². The molecule has 4 rings (SSSR count). The van der Waals surface area contributed by atoms with Gasteiger partial charge in [0.25, 0.3) is 0 Å². The second-order valence-electron chi connectivity index (χ2n) is 8.03. The number of carbonyl (C=O) groups is 1. The zero-order valence-electron chi connectivity index (χ0n) is 17.4. The molecule has 1 amide bonds. The van der Waals surface area contributed by atoms with E-state index in [1.165, 1.54) is 10.9 Å². The first-order valence-electron chi connectivity index (χ1n) is 10.5. The first-order valence-corrected chi connectivity index (χ1v) is 10.9. The lowest BCUT2D eigenvalue weighted by molar-refractivity contribution is -0.120. The Morgan fingerprint density at radius 1 is 0.967 bits per heavy atom. The average Bonchev–Trinajstić information content (AvgIpc) is 2.76. The van der Waals surface area contributed by atoms with Gasteiger partial charge in [0.05, 0.1) is 12.5 Å². The third-order valence-corrected chi connectivity index (χ3v) is 6.21. The zero-order chi connectivity index (χ0) is 20.9. The van der Waals surface area contributed by atoms with Crippen LogP contribution in [0.25, 0.3) is 10.8 Å². The van der Waals surface area contributed by atoms with Gasteiger partial charge in [-0.05, 0) is 41.1 Å². The largest absolute Gasteiger partial charge is 0.354 e. The van der Waals surface area contributed by atoms with E-state index in [1.54, 1.807) is 0 Å². The summed E-state index contributed by atoms with van der Waals surface area (Å²) in [6.07, 6.45) is 0.386. The molecule has 1 unspecified atom stereocenters. The molecule has 1 aliphatic heterocycles. The molecular formula is C25H28ClN3O. The van der Waals surface area contributed by atoms with Crippen LogP contribution in [-0.4, -0.2) is 55.5 Å². The van der Waals surface area contributed by atoms with E-state index in [-0.39, 0.29) is 11.9 Å². The number of nitrogens with zero attached hydrogens (tertiary/aromatic N) is 2. The topological polar surface area (TPSA) is 35.6 Å². The number of carbonyl (C=O) groups excluding carboxylic acids is 1. The summed E-state index contributed by atoms with van der Waals surface area (Å²) in [5.74, 6) is 0.0550. The molecule has 1 atom stereocenters. The molecular weight excluding hydrogens is 394 g/mol. The van der Waals surface area contributed by atoms with Crippen LogP contribution in [0.3, 0.4) is 0 Å². The molecule has 3 aromatic carbocycles. The SMILES string of the molecule is CN1CCN(C(CNC(=O)Cc2cccc3ccccc23)c2ccc(Cl)cc2)CC1. The van der Waals surface area contributed by atoms with Crippen LogP contribution in [0, 0.1) is 0 Å². The fourth-order valence-electron chi connectivity index (χ4n) is 4.17. The molecule has 1 heterocycles. The number of amides is 1. The summed E-state index contributed by atoms with van der Waals surface area (Å²) in [5.41, 5.74) is 2.25. The van der Waals surface area contributed by atoms with Crippen molar-refractivity contribution in [3.05, 3.63) is 82.9 Å². The lowest BCUT2D eigenvalue weighted by Gasteiger charge is -2.38. The Labute approximate surface area is 183 Å². The number of nitrogens with one attached hydrogen (secondary N) is 1. The van der Waals surface area contributed by atoms with Crippen molar-refractivity contribution in [2.24, 2.45) is 0 Å². The summed E-state index contributed by atoms with van der Waals surface area (Å²) in [6.45, 7) is 4.64. The number of hydrogen-bond acceptors (Lipinski definition) is 3. The molecule has 1 N–H and O–H groups in total. The molecule has 1 saturated heterocycles. The minimum atomic E-state index is 0.0550. The van der Waals surface area contributed by atoms with Gasteiger partial charge in [-0.2, -0.15) is 0 Å². The van der Waals surface area contributed by atoms with Crippen molar-refractivity contribution < 1.29 is 4.79 Å². The Hall–Kier alpha value is -2.40. The van der Waals surface area contributed by atoms with Gasteiger partial charge < -0.3 is 10.2 Å². The molecule has 0 aliphatic carbocycles. The maximum Gasteiger partial charge on any atom is 0.224 e. The number of likely N-dealkylation sites (N-methyl/N-ethyl adjacent to an activating group) is 1. The summed E-state index contributed by atoms with van der Waals surface area (Å²) in [4.78, 5) is 17.6. The number of piperazine rings is 1. The third kappa shape index (κ3) is 5.01. The molecule has 30 heavy (non-hydrogen) atoms. The summed E-state index contributed by atoms with van der Waals surface area (Å²) in [6, 6.07) is 22.5. The van der Waals surface area contributed by atoms with Crippen LogP contribution in [0.1, 0.15) is 17.2 Å².